The topological polar surface area (TPSA) is 0 Å². The summed E-state index contributed by atoms with van der Waals surface area (Å²) in [6.07, 6.45) is 2.38. The first-order valence-electron chi connectivity index (χ1n) is 7.19. The Morgan fingerprint density at radius 2 is 1.47 bits per heavy atom. The Bertz CT molecular complexity index is 534. The van der Waals surface area contributed by atoms with Crippen LogP contribution in [0.4, 0.5) is 0 Å². The second-order valence-corrected chi connectivity index (χ2v) is 5.79. The van der Waals surface area contributed by atoms with Crippen LogP contribution in [0, 0.1) is 20.8 Å². The van der Waals surface area contributed by atoms with Crippen molar-refractivity contribution < 1.29 is 0 Å². The van der Waals surface area contributed by atoms with Gasteiger partial charge >= 0.3 is 0 Å². The van der Waals surface area contributed by atoms with Crippen molar-refractivity contribution >= 4 is 0 Å². The summed E-state index contributed by atoms with van der Waals surface area (Å²) in [5.41, 5.74) is 7.07. The lowest BCUT2D eigenvalue weighted by Crippen LogP contribution is -1.99. The summed E-state index contributed by atoms with van der Waals surface area (Å²) in [6, 6.07) is 15.7. The Hall–Kier alpha value is -1.56. The van der Waals surface area contributed by atoms with Crippen molar-refractivity contribution in [3.8, 4) is 0 Å². The summed E-state index contributed by atoms with van der Waals surface area (Å²) in [4.78, 5) is 0. The molecular weight excluding hydrogens is 228 g/mol. The van der Waals surface area contributed by atoms with Gasteiger partial charge in [0, 0.05) is 0 Å². The molecule has 0 N–H and O–H groups in total. The van der Waals surface area contributed by atoms with Gasteiger partial charge in [-0.3, -0.25) is 0 Å². The standard InChI is InChI=1S/C19H24/c1-14-6-10-18(11-7-14)12-9-17(4)19-13-15(2)5-8-16(19)3/h5-8,10-11,13,17H,9,12H2,1-4H3. The molecule has 0 radical (unpaired) electrons. The van der Waals surface area contributed by atoms with Crippen LogP contribution in [-0.4, -0.2) is 0 Å². The summed E-state index contributed by atoms with van der Waals surface area (Å²) in [5.74, 6) is 0.626. The highest BCUT2D eigenvalue weighted by atomic mass is 14.1. The van der Waals surface area contributed by atoms with Crippen molar-refractivity contribution in [3.63, 3.8) is 0 Å². The summed E-state index contributed by atoms with van der Waals surface area (Å²) < 4.78 is 0. The molecule has 1 unspecified atom stereocenters. The van der Waals surface area contributed by atoms with E-state index in [1.807, 2.05) is 0 Å². The molecule has 0 nitrogen and oxygen atoms in total. The highest BCUT2D eigenvalue weighted by molar-refractivity contribution is 5.33. The van der Waals surface area contributed by atoms with Crippen LogP contribution in [0.2, 0.25) is 0 Å². The molecule has 1 atom stereocenters. The van der Waals surface area contributed by atoms with Gasteiger partial charge in [-0.15, -0.1) is 0 Å². The van der Waals surface area contributed by atoms with Crippen molar-refractivity contribution in [1.29, 1.82) is 0 Å². The van der Waals surface area contributed by atoms with Gasteiger partial charge in [0.2, 0.25) is 0 Å². The second kappa shape index (κ2) is 6.06. The molecule has 0 saturated carbocycles. The van der Waals surface area contributed by atoms with Gasteiger partial charge in [0.15, 0.2) is 0 Å². The lowest BCUT2D eigenvalue weighted by molar-refractivity contribution is 0.675. The molecule has 2 aromatic carbocycles. The molecule has 19 heavy (non-hydrogen) atoms. The fourth-order valence-corrected chi connectivity index (χ4v) is 2.58. The lowest BCUT2D eigenvalue weighted by Gasteiger charge is -2.15. The molecule has 0 fully saturated rings. The fourth-order valence-electron chi connectivity index (χ4n) is 2.58. The van der Waals surface area contributed by atoms with Crippen LogP contribution in [-0.2, 0) is 6.42 Å². The van der Waals surface area contributed by atoms with E-state index in [2.05, 4.69) is 70.2 Å². The van der Waals surface area contributed by atoms with Crippen molar-refractivity contribution in [1.82, 2.24) is 0 Å². The zero-order valence-electron chi connectivity index (χ0n) is 12.5. The van der Waals surface area contributed by atoms with Crippen molar-refractivity contribution in [2.75, 3.05) is 0 Å². The van der Waals surface area contributed by atoms with E-state index in [0.717, 1.165) is 6.42 Å². The largest absolute Gasteiger partial charge is 0.0591 e. The molecule has 0 amide bonds. The van der Waals surface area contributed by atoms with Gasteiger partial charge in [0.1, 0.15) is 0 Å². The number of rotatable bonds is 4. The molecule has 100 valence electrons. The van der Waals surface area contributed by atoms with Crippen LogP contribution >= 0.6 is 0 Å². The quantitative estimate of drug-likeness (QED) is 0.688. The van der Waals surface area contributed by atoms with Crippen LogP contribution in [0.3, 0.4) is 0 Å². The van der Waals surface area contributed by atoms with E-state index in [9.17, 15) is 0 Å². The van der Waals surface area contributed by atoms with Gasteiger partial charge in [0.05, 0.1) is 0 Å². The molecule has 0 heteroatoms. The zero-order chi connectivity index (χ0) is 13.8. The van der Waals surface area contributed by atoms with Gasteiger partial charge < -0.3 is 0 Å². The molecule has 0 aromatic heterocycles. The minimum absolute atomic E-state index is 0.626. The Kier molecular flexibility index (Phi) is 4.42. The van der Waals surface area contributed by atoms with Crippen molar-refractivity contribution in [3.05, 3.63) is 70.3 Å². The van der Waals surface area contributed by atoms with Crippen LogP contribution in [0.1, 0.15) is 47.1 Å². The molecule has 0 bridgehead atoms. The fraction of sp³-hybridized carbons (Fsp3) is 0.368. The van der Waals surface area contributed by atoms with E-state index >= 15 is 0 Å². The predicted octanol–water partition coefficient (Wildman–Crippen LogP) is 5.35. The molecule has 2 rings (SSSR count). The van der Waals surface area contributed by atoms with Crippen LogP contribution in [0.15, 0.2) is 42.5 Å². The summed E-state index contributed by atoms with van der Waals surface area (Å²) in [5, 5.41) is 0. The van der Waals surface area contributed by atoms with E-state index in [0.29, 0.717) is 5.92 Å². The summed E-state index contributed by atoms with van der Waals surface area (Å²) in [6.45, 7) is 8.88. The molecule has 0 heterocycles. The molecular formula is C19H24. The third-order valence-electron chi connectivity index (χ3n) is 3.95. The van der Waals surface area contributed by atoms with Crippen molar-refractivity contribution in [2.45, 2.75) is 46.5 Å². The minimum Gasteiger partial charge on any atom is -0.0591 e. The Morgan fingerprint density at radius 3 is 2.16 bits per heavy atom. The maximum Gasteiger partial charge on any atom is -0.0185 e. The molecule has 0 aliphatic rings. The molecule has 0 spiro atoms. The van der Waals surface area contributed by atoms with E-state index in [1.54, 1.807) is 0 Å². The average Bonchev–Trinajstić information content (AvgIpc) is 2.40. The summed E-state index contributed by atoms with van der Waals surface area (Å²) in [7, 11) is 0. The highest BCUT2D eigenvalue weighted by Crippen LogP contribution is 2.25. The molecule has 0 aliphatic carbocycles. The maximum absolute atomic E-state index is 2.34. The Balaban J connectivity index is 2.03. The third-order valence-corrected chi connectivity index (χ3v) is 3.95. The van der Waals surface area contributed by atoms with E-state index < -0.39 is 0 Å². The number of aryl methyl sites for hydroxylation is 4. The molecule has 0 saturated heterocycles. The number of hydrogen-bond acceptors (Lipinski definition) is 0. The first-order valence-corrected chi connectivity index (χ1v) is 7.19. The van der Waals surface area contributed by atoms with Gasteiger partial charge in [-0.05, 0) is 56.2 Å². The molecule has 0 aliphatic heterocycles. The first kappa shape index (κ1) is 13.9. The molecule has 2 aromatic rings. The normalized spacial score (nSPS) is 12.4. The predicted molar refractivity (Wildman–Crippen MR) is 83.8 cm³/mol. The minimum atomic E-state index is 0.626. The summed E-state index contributed by atoms with van der Waals surface area (Å²) >= 11 is 0. The number of hydrogen-bond donors (Lipinski definition) is 0. The highest BCUT2D eigenvalue weighted by Gasteiger charge is 2.09. The van der Waals surface area contributed by atoms with Crippen LogP contribution in [0.25, 0.3) is 0 Å². The SMILES string of the molecule is Cc1ccc(CCC(C)c2cc(C)ccc2C)cc1. The lowest BCUT2D eigenvalue weighted by atomic mass is 9.90. The van der Waals surface area contributed by atoms with Gasteiger partial charge in [0.25, 0.3) is 0 Å². The van der Waals surface area contributed by atoms with Gasteiger partial charge in [-0.25, -0.2) is 0 Å². The smallest absolute Gasteiger partial charge is 0.0185 e. The Morgan fingerprint density at radius 1 is 0.842 bits per heavy atom. The van der Waals surface area contributed by atoms with Gasteiger partial charge in [-0.1, -0.05) is 60.5 Å². The zero-order valence-corrected chi connectivity index (χ0v) is 12.5. The number of benzene rings is 2. The van der Waals surface area contributed by atoms with E-state index in [1.165, 1.54) is 34.2 Å². The van der Waals surface area contributed by atoms with E-state index in [4.69, 9.17) is 0 Å². The third kappa shape index (κ3) is 3.70. The first-order chi connectivity index (χ1) is 9.06. The maximum atomic E-state index is 2.34. The van der Waals surface area contributed by atoms with Crippen LogP contribution < -0.4 is 0 Å². The second-order valence-electron chi connectivity index (χ2n) is 5.79. The van der Waals surface area contributed by atoms with Gasteiger partial charge in [-0.2, -0.15) is 0 Å². The monoisotopic (exact) mass is 252 g/mol. The Labute approximate surface area is 117 Å². The van der Waals surface area contributed by atoms with Crippen molar-refractivity contribution in [2.24, 2.45) is 0 Å². The average molecular weight is 252 g/mol. The van der Waals surface area contributed by atoms with Crippen LogP contribution in [0.5, 0.6) is 0 Å². The van der Waals surface area contributed by atoms with E-state index in [-0.39, 0.29) is 0 Å².